The first kappa shape index (κ1) is 12.3. The van der Waals surface area contributed by atoms with Crippen LogP contribution in [0.3, 0.4) is 0 Å². The fourth-order valence-corrected chi connectivity index (χ4v) is 3.16. The third-order valence-corrected chi connectivity index (χ3v) is 3.79. The number of aryl methyl sites for hydroxylation is 1. The molecule has 17 heavy (non-hydrogen) atoms. The lowest BCUT2D eigenvalue weighted by molar-refractivity contribution is 0.0753. The van der Waals surface area contributed by atoms with Gasteiger partial charge in [0.25, 0.3) is 0 Å². The molecule has 0 saturated heterocycles. The summed E-state index contributed by atoms with van der Waals surface area (Å²) >= 11 is 0. The Labute approximate surface area is 103 Å². The van der Waals surface area contributed by atoms with Crippen LogP contribution in [0.25, 0.3) is 0 Å². The molecule has 0 bridgehead atoms. The molecule has 0 unspecified atom stereocenters. The van der Waals surface area contributed by atoms with E-state index in [1.807, 2.05) is 19.3 Å². The number of aromatic nitrogens is 2. The van der Waals surface area contributed by atoms with Crippen LogP contribution in [0.1, 0.15) is 56.4 Å². The summed E-state index contributed by atoms with van der Waals surface area (Å²) in [5.74, 6) is 0.838. The average molecular weight is 234 g/mol. The van der Waals surface area contributed by atoms with Crippen molar-refractivity contribution in [2.24, 2.45) is 18.4 Å². The molecule has 0 amide bonds. The first-order chi connectivity index (χ1) is 8.03. The molecule has 0 N–H and O–H groups in total. The maximum Gasteiger partial charge on any atom is 0.189 e. The molecule has 1 fully saturated rings. The van der Waals surface area contributed by atoms with Gasteiger partial charge in [-0.25, -0.2) is 0 Å². The number of hydrogen-bond acceptors (Lipinski definition) is 2. The molecule has 1 aliphatic carbocycles. The van der Waals surface area contributed by atoms with Gasteiger partial charge in [0, 0.05) is 18.7 Å². The van der Waals surface area contributed by atoms with Crippen LogP contribution in [-0.4, -0.2) is 15.6 Å². The summed E-state index contributed by atoms with van der Waals surface area (Å²) in [7, 11) is 1.86. The number of rotatable bonds is 4. The molecule has 1 aromatic heterocycles. The van der Waals surface area contributed by atoms with Gasteiger partial charge < -0.3 is 0 Å². The van der Waals surface area contributed by atoms with Gasteiger partial charge in [-0.1, -0.05) is 26.7 Å². The quantitative estimate of drug-likeness (QED) is 0.750. The lowest BCUT2D eigenvalue weighted by Crippen LogP contribution is -2.30. The number of hydrogen-bond donors (Lipinski definition) is 0. The number of ketones is 1. The van der Waals surface area contributed by atoms with E-state index in [9.17, 15) is 4.79 Å². The van der Waals surface area contributed by atoms with Gasteiger partial charge in [-0.2, -0.15) is 5.10 Å². The fraction of sp³-hybridized carbons (Fsp3) is 0.714. The van der Waals surface area contributed by atoms with E-state index in [2.05, 4.69) is 18.9 Å². The highest BCUT2D eigenvalue weighted by Crippen LogP contribution is 2.45. The van der Waals surface area contributed by atoms with Crippen LogP contribution in [0.4, 0.5) is 0 Å². The highest BCUT2D eigenvalue weighted by atomic mass is 16.1. The summed E-state index contributed by atoms with van der Waals surface area (Å²) in [4.78, 5) is 12.6. The van der Waals surface area contributed by atoms with Crippen molar-refractivity contribution in [3.63, 3.8) is 0 Å². The van der Waals surface area contributed by atoms with Gasteiger partial charge in [0.05, 0.1) is 0 Å². The van der Waals surface area contributed by atoms with Crippen molar-refractivity contribution in [3.8, 4) is 0 Å². The molecule has 1 heterocycles. The van der Waals surface area contributed by atoms with Gasteiger partial charge in [0.2, 0.25) is 0 Å². The Morgan fingerprint density at radius 2 is 2.12 bits per heavy atom. The Morgan fingerprint density at radius 3 is 2.59 bits per heavy atom. The molecule has 0 radical (unpaired) electrons. The molecule has 1 aliphatic rings. The van der Waals surface area contributed by atoms with Crippen LogP contribution in [0.2, 0.25) is 0 Å². The van der Waals surface area contributed by atoms with Gasteiger partial charge in [-0.3, -0.25) is 9.48 Å². The molecule has 2 rings (SSSR count). The minimum Gasteiger partial charge on any atom is -0.292 e. The van der Waals surface area contributed by atoms with Crippen LogP contribution in [0.5, 0.6) is 0 Å². The first-order valence-electron chi connectivity index (χ1n) is 6.58. The zero-order valence-electron chi connectivity index (χ0n) is 11.1. The Hall–Kier alpha value is -1.12. The van der Waals surface area contributed by atoms with E-state index in [-0.39, 0.29) is 11.2 Å². The second-order valence-electron chi connectivity index (χ2n) is 5.79. The van der Waals surface area contributed by atoms with E-state index >= 15 is 0 Å². The van der Waals surface area contributed by atoms with E-state index in [0.29, 0.717) is 11.6 Å². The van der Waals surface area contributed by atoms with Gasteiger partial charge in [0.15, 0.2) is 5.78 Å². The van der Waals surface area contributed by atoms with Crippen LogP contribution in [0, 0.1) is 11.3 Å². The second-order valence-corrected chi connectivity index (χ2v) is 5.79. The second kappa shape index (κ2) is 4.63. The van der Waals surface area contributed by atoms with Crippen molar-refractivity contribution in [1.82, 2.24) is 9.78 Å². The summed E-state index contributed by atoms with van der Waals surface area (Å²) in [5, 5.41) is 4.27. The molecule has 0 spiro atoms. The Morgan fingerprint density at radius 1 is 1.47 bits per heavy atom. The smallest absolute Gasteiger partial charge is 0.189 e. The first-order valence-corrected chi connectivity index (χ1v) is 6.58. The van der Waals surface area contributed by atoms with Crippen LogP contribution in [-0.2, 0) is 7.05 Å². The maximum absolute atomic E-state index is 12.6. The standard InChI is InChI=1S/C14H22N2O/c1-11(2)10-14(7-4-5-8-14)13(17)12-6-9-16(3)15-12/h6,9,11H,4-5,7-8,10H2,1-3H3. The van der Waals surface area contributed by atoms with E-state index in [1.165, 1.54) is 12.8 Å². The molecule has 3 heteroatoms. The molecular formula is C14H22N2O. The Balaban J connectivity index is 2.24. The van der Waals surface area contributed by atoms with E-state index in [4.69, 9.17) is 0 Å². The third-order valence-electron chi connectivity index (χ3n) is 3.79. The molecular weight excluding hydrogens is 212 g/mol. The predicted molar refractivity (Wildman–Crippen MR) is 67.9 cm³/mol. The summed E-state index contributed by atoms with van der Waals surface area (Å²) in [6.07, 6.45) is 7.31. The lowest BCUT2D eigenvalue weighted by atomic mass is 9.74. The van der Waals surface area contributed by atoms with E-state index in [0.717, 1.165) is 19.3 Å². The molecule has 94 valence electrons. The van der Waals surface area contributed by atoms with Gasteiger partial charge in [-0.05, 0) is 31.2 Å². The van der Waals surface area contributed by atoms with Gasteiger partial charge in [-0.15, -0.1) is 0 Å². The Bertz CT molecular complexity index is 400. The van der Waals surface area contributed by atoms with Crippen LogP contribution in [0.15, 0.2) is 12.3 Å². The van der Waals surface area contributed by atoms with Crippen LogP contribution < -0.4 is 0 Å². The number of Topliss-reactive ketones (excluding diaryl/α,β-unsaturated/α-hetero) is 1. The summed E-state index contributed by atoms with van der Waals surface area (Å²) < 4.78 is 1.71. The SMILES string of the molecule is CC(C)CC1(C(=O)c2ccn(C)n2)CCCC1. The van der Waals surface area contributed by atoms with Gasteiger partial charge in [0.1, 0.15) is 5.69 Å². The summed E-state index contributed by atoms with van der Waals surface area (Å²) in [6, 6.07) is 1.85. The number of nitrogens with zero attached hydrogens (tertiary/aromatic N) is 2. The molecule has 0 aliphatic heterocycles. The van der Waals surface area contributed by atoms with Crippen molar-refractivity contribution in [1.29, 1.82) is 0 Å². The van der Waals surface area contributed by atoms with Gasteiger partial charge >= 0.3 is 0 Å². The Kier molecular flexibility index (Phi) is 3.36. The zero-order valence-corrected chi connectivity index (χ0v) is 11.1. The highest BCUT2D eigenvalue weighted by molar-refractivity contribution is 5.99. The summed E-state index contributed by atoms with van der Waals surface area (Å²) in [6.45, 7) is 4.40. The van der Waals surface area contributed by atoms with Crippen molar-refractivity contribution in [2.75, 3.05) is 0 Å². The predicted octanol–water partition coefficient (Wildman–Crippen LogP) is 3.21. The minimum atomic E-state index is -0.122. The molecule has 1 saturated carbocycles. The topological polar surface area (TPSA) is 34.9 Å². The van der Waals surface area contributed by atoms with Crippen molar-refractivity contribution >= 4 is 5.78 Å². The molecule has 1 aromatic rings. The van der Waals surface area contributed by atoms with E-state index in [1.54, 1.807) is 4.68 Å². The summed E-state index contributed by atoms with van der Waals surface area (Å²) in [5.41, 5.74) is 0.526. The van der Waals surface area contributed by atoms with Crippen molar-refractivity contribution in [2.45, 2.75) is 46.0 Å². The van der Waals surface area contributed by atoms with Crippen molar-refractivity contribution < 1.29 is 4.79 Å². The minimum absolute atomic E-state index is 0.122. The number of carbonyl (C=O) groups excluding carboxylic acids is 1. The van der Waals surface area contributed by atoms with E-state index < -0.39 is 0 Å². The highest BCUT2D eigenvalue weighted by Gasteiger charge is 2.42. The van der Waals surface area contributed by atoms with Crippen LogP contribution >= 0.6 is 0 Å². The maximum atomic E-state index is 12.6. The monoisotopic (exact) mass is 234 g/mol. The average Bonchev–Trinajstić information content (AvgIpc) is 2.86. The molecule has 0 aromatic carbocycles. The largest absolute Gasteiger partial charge is 0.292 e. The lowest BCUT2D eigenvalue weighted by Gasteiger charge is -2.28. The normalized spacial score (nSPS) is 18.8. The molecule has 0 atom stereocenters. The fourth-order valence-electron chi connectivity index (χ4n) is 3.16. The van der Waals surface area contributed by atoms with Crippen molar-refractivity contribution in [3.05, 3.63) is 18.0 Å². The molecule has 3 nitrogen and oxygen atoms in total. The zero-order chi connectivity index (χ0) is 12.5. The third kappa shape index (κ3) is 2.43. The number of carbonyl (C=O) groups is 1.